The van der Waals surface area contributed by atoms with Crippen LogP contribution in [0.5, 0.6) is 0 Å². The molecule has 6 N–H and O–H groups in total. The highest BCUT2D eigenvalue weighted by Gasteiger charge is 2.52. The first-order valence-electron chi connectivity index (χ1n) is 25.5. The maximum Gasteiger partial charge on any atom is 0.498 e. The molecule has 2 aliphatic carbocycles. The number of methoxy groups -OCH3 is 2. The highest BCUT2D eigenvalue weighted by Crippen LogP contribution is 2.37. The molecule has 1 aliphatic heterocycles. The fourth-order valence-corrected chi connectivity index (χ4v) is 9.70. The van der Waals surface area contributed by atoms with Crippen molar-refractivity contribution in [1.29, 1.82) is 0 Å². The van der Waals surface area contributed by atoms with Crippen LogP contribution in [0.2, 0.25) is 0 Å². The van der Waals surface area contributed by atoms with Crippen LogP contribution in [0, 0.1) is 27.0 Å². The quantitative estimate of drug-likeness (QED) is 0.0640. The maximum atomic E-state index is 15.1. The first-order chi connectivity index (χ1) is 37.4. The normalized spacial score (nSPS) is 19.4. The van der Waals surface area contributed by atoms with Crippen LogP contribution in [-0.4, -0.2) is 128 Å². The molecule has 410 valence electrons. The molecular formula is C52H62BF2IN16O6. The number of anilines is 2. The minimum atomic E-state index is -0.374. The number of halogens is 3. The van der Waals surface area contributed by atoms with E-state index in [0.29, 0.717) is 92.9 Å². The topological polar surface area (TPSA) is 270 Å². The van der Waals surface area contributed by atoms with Gasteiger partial charge in [-0.3, -0.25) is 28.1 Å². The van der Waals surface area contributed by atoms with E-state index >= 15 is 4.39 Å². The largest absolute Gasteiger partial charge is 0.498 e. The molecule has 22 nitrogen and oxygen atoms in total. The summed E-state index contributed by atoms with van der Waals surface area (Å²) in [7, 11) is 2.96. The Labute approximate surface area is 462 Å². The van der Waals surface area contributed by atoms with Gasteiger partial charge in [0.25, 0.3) is 0 Å². The number of amides is 2. The van der Waals surface area contributed by atoms with Gasteiger partial charge in [-0.05, 0) is 125 Å². The molecule has 4 atom stereocenters. The summed E-state index contributed by atoms with van der Waals surface area (Å²) < 4.78 is 58.5. The predicted octanol–water partition coefficient (Wildman–Crippen LogP) is 5.98. The summed E-state index contributed by atoms with van der Waals surface area (Å²) >= 11 is 1.95. The Hall–Kier alpha value is -7.01. The van der Waals surface area contributed by atoms with Crippen molar-refractivity contribution in [3.05, 3.63) is 101 Å². The van der Waals surface area contributed by atoms with Crippen LogP contribution < -0.4 is 27.6 Å². The van der Waals surface area contributed by atoms with Gasteiger partial charge in [0.05, 0.1) is 67.5 Å². The number of benzene rings is 2. The molecule has 0 spiro atoms. The van der Waals surface area contributed by atoms with Gasteiger partial charge >= 0.3 is 7.12 Å². The fraction of sp³-hybridized carbons (Fsp3) is 0.423. The highest BCUT2D eigenvalue weighted by atomic mass is 127. The molecule has 3 fully saturated rings. The second-order valence-corrected chi connectivity index (χ2v) is 21.6. The lowest BCUT2D eigenvalue weighted by Crippen LogP contribution is -2.41. The van der Waals surface area contributed by atoms with Crippen molar-refractivity contribution >= 4 is 81.2 Å². The van der Waals surface area contributed by atoms with Gasteiger partial charge < -0.3 is 40.9 Å². The van der Waals surface area contributed by atoms with E-state index in [1.807, 2.05) is 73.3 Å². The minimum absolute atomic E-state index is 0.0767. The number of nitrogens with two attached hydrogens (primary N) is 2. The number of hydrogen-bond acceptors (Lipinski definition) is 16. The second-order valence-electron chi connectivity index (χ2n) is 20.4. The average molecular weight is 1180 g/mol. The smallest absolute Gasteiger partial charge is 0.399 e. The number of imidazole rings is 2. The van der Waals surface area contributed by atoms with Crippen molar-refractivity contribution in [3.8, 4) is 22.5 Å². The summed E-state index contributed by atoms with van der Waals surface area (Å²) in [4.78, 5) is 49.1. The van der Waals surface area contributed by atoms with Gasteiger partial charge in [0.15, 0.2) is 11.3 Å². The Kier molecular flexibility index (Phi) is 17.1. The monoisotopic (exact) mass is 1180 g/mol. The van der Waals surface area contributed by atoms with Gasteiger partial charge in [-0.25, -0.2) is 28.7 Å². The Morgan fingerprint density at radius 2 is 1.21 bits per heavy atom. The first kappa shape index (κ1) is 55.7. The Balaban J connectivity index is 0.000000149. The van der Waals surface area contributed by atoms with Crippen molar-refractivity contribution in [1.82, 2.24) is 58.6 Å². The molecular weight excluding hydrogens is 1120 g/mol. The van der Waals surface area contributed by atoms with Crippen molar-refractivity contribution in [3.63, 3.8) is 0 Å². The van der Waals surface area contributed by atoms with Crippen LogP contribution >= 0.6 is 22.6 Å². The molecule has 1 saturated heterocycles. The summed E-state index contributed by atoms with van der Waals surface area (Å²) in [6, 6.07) is 10.1. The number of rotatable bonds is 16. The number of ether oxygens (including phenoxy) is 2. The zero-order chi connectivity index (χ0) is 55.3. The zero-order valence-corrected chi connectivity index (χ0v) is 46.3. The molecule has 3 aliphatic rings. The molecule has 2 aromatic carbocycles. The van der Waals surface area contributed by atoms with Crippen LogP contribution in [0.25, 0.3) is 44.8 Å². The van der Waals surface area contributed by atoms with Gasteiger partial charge in [0.2, 0.25) is 23.7 Å². The predicted molar refractivity (Wildman–Crippen MR) is 297 cm³/mol. The van der Waals surface area contributed by atoms with E-state index in [1.165, 1.54) is 12.1 Å². The number of nitrogens with one attached hydrogen (secondary N) is 2. The Morgan fingerprint density at radius 3 is 1.69 bits per heavy atom. The van der Waals surface area contributed by atoms with Gasteiger partial charge in [-0.1, -0.05) is 0 Å². The second kappa shape index (κ2) is 23.9. The first-order valence-corrected chi connectivity index (χ1v) is 26.6. The van der Waals surface area contributed by atoms with Crippen molar-refractivity contribution < 1.29 is 37.2 Å². The van der Waals surface area contributed by atoms with E-state index in [-0.39, 0.29) is 65.7 Å². The molecule has 11 rings (SSSR count). The molecule has 8 aromatic rings. The lowest BCUT2D eigenvalue weighted by Gasteiger charge is -2.32. The third-order valence-corrected chi connectivity index (χ3v) is 15.4. The number of fused-ring (bicyclic) bond motifs is 2. The number of carbonyl (C=O) groups excluding carboxylic acids is 2. The SMILES string of the molecule is COCCn1cc(-c2ccc(-n3cnc4cnc(N[C@@H]5CC[C@@H](C(N)=O)C5)nc43)cc2F)cn1.COCCn1cc(B2OC(C)(C)C(C)(C)O2)cn1.NC(=O)[C@@H]1CC[C@@H](Nc2ncc3ncn(-c4ccc(I)c(F)c4)c3n2)C1. The summed E-state index contributed by atoms with van der Waals surface area (Å²) in [5.41, 5.74) is 15.9. The summed E-state index contributed by atoms with van der Waals surface area (Å²) in [5, 5.41) is 15.1. The minimum Gasteiger partial charge on any atom is -0.399 e. The standard InChI is InChI=1S/C23H25FN8O2.C17H16FIN6O.C12H21BN2O3/c1-34-7-6-31-12-15(10-28-31)18-5-4-17(9-19(18)24)32-13-27-20-11-26-23(30-22(20)32)29-16-3-2-14(8-16)21(25)33;18-12-6-11(3-4-13(12)19)25-8-22-14-7-21-17(24-16(14)25)23-10-2-1-9(5-10)15(20)26;1-11(2)12(3,4)18-13(17-11)10-8-14-15(9-10)6-7-16-5/h4-5,9-14,16H,2-3,6-8H2,1H3,(H2,25,33)(H,26,29,30);3-4,6-10H,1-2,5H2,(H2,20,26)(H,21,23,24);8-9H,6-7H2,1-5H3/t14-,16-;9-,10-;/m11./s1. The molecule has 0 bridgehead atoms. The molecule has 2 amide bonds. The van der Waals surface area contributed by atoms with E-state index in [9.17, 15) is 14.0 Å². The number of carbonyl (C=O) groups is 2. The molecule has 26 heteroatoms. The van der Waals surface area contributed by atoms with Crippen LogP contribution in [0.15, 0.2) is 86.2 Å². The van der Waals surface area contributed by atoms with Crippen molar-refractivity contribution in [2.24, 2.45) is 23.3 Å². The molecule has 0 radical (unpaired) electrons. The van der Waals surface area contributed by atoms with Gasteiger partial charge in [-0.15, -0.1) is 0 Å². The third kappa shape index (κ3) is 12.8. The van der Waals surface area contributed by atoms with E-state index in [2.05, 4.69) is 50.7 Å². The Bertz CT molecular complexity index is 3390. The molecule has 6 aromatic heterocycles. The fourth-order valence-electron chi connectivity index (χ4n) is 9.36. The van der Waals surface area contributed by atoms with E-state index in [0.717, 1.165) is 37.7 Å². The number of hydrogen-bond donors (Lipinski definition) is 4. The Morgan fingerprint density at radius 1 is 0.705 bits per heavy atom. The van der Waals surface area contributed by atoms with Gasteiger partial charge in [-0.2, -0.15) is 20.2 Å². The number of aromatic nitrogens is 12. The summed E-state index contributed by atoms with van der Waals surface area (Å²) in [6.45, 7) is 10.7. The van der Waals surface area contributed by atoms with E-state index in [4.69, 9.17) is 30.2 Å². The van der Waals surface area contributed by atoms with Crippen LogP contribution in [0.3, 0.4) is 0 Å². The average Bonchev–Trinajstić information content (AvgIpc) is 4.37. The molecule has 7 heterocycles. The summed E-state index contributed by atoms with van der Waals surface area (Å²) in [5.74, 6) is -0.527. The lowest BCUT2D eigenvalue weighted by atomic mass is 9.82. The van der Waals surface area contributed by atoms with Gasteiger partial charge in [0, 0.05) is 76.9 Å². The van der Waals surface area contributed by atoms with Crippen LogP contribution in [0.4, 0.5) is 20.7 Å². The molecule has 2 saturated carbocycles. The highest BCUT2D eigenvalue weighted by molar-refractivity contribution is 14.1. The number of primary amides is 2. The van der Waals surface area contributed by atoms with Crippen molar-refractivity contribution in [2.75, 3.05) is 38.1 Å². The molecule has 78 heavy (non-hydrogen) atoms. The zero-order valence-electron chi connectivity index (χ0n) is 44.1. The number of nitrogens with zero attached hydrogens (tertiary/aromatic N) is 12. The summed E-state index contributed by atoms with van der Waals surface area (Å²) in [6.07, 6.45) is 18.1. The van der Waals surface area contributed by atoms with Crippen LogP contribution in [-0.2, 0) is 41.5 Å². The van der Waals surface area contributed by atoms with E-state index < -0.39 is 0 Å². The molecule has 0 unspecified atom stereocenters. The third-order valence-electron chi connectivity index (χ3n) is 14.5. The van der Waals surface area contributed by atoms with Crippen LogP contribution in [0.1, 0.15) is 66.2 Å². The van der Waals surface area contributed by atoms with Gasteiger partial charge in [0.1, 0.15) is 35.3 Å². The van der Waals surface area contributed by atoms with Crippen molar-refractivity contribution in [2.45, 2.75) is 103 Å². The van der Waals surface area contributed by atoms with E-state index in [1.54, 1.807) is 83.8 Å². The maximum absolute atomic E-state index is 15.1. The lowest BCUT2D eigenvalue weighted by molar-refractivity contribution is -0.122.